The molecular formula is C16H29N3O. The zero-order chi connectivity index (χ0) is 15.4. The highest BCUT2D eigenvalue weighted by atomic mass is 16.2. The number of nitrogens with two attached hydrogens (primary N) is 2. The van der Waals surface area contributed by atoms with Crippen molar-refractivity contribution >= 4 is 5.91 Å². The lowest BCUT2D eigenvalue weighted by Crippen LogP contribution is -2.44. The quantitative estimate of drug-likeness (QED) is 0.423. The van der Waals surface area contributed by atoms with Crippen molar-refractivity contribution in [2.45, 2.75) is 51.6 Å². The van der Waals surface area contributed by atoms with Gasteiger partial charge in [-0.25, -0.2) is 0 Å². The van der Waals surface area contributed by atoms with Crippen molar-refractivity contribution in [3.8, 4) is 0 Å². The van der Waals surface area contributed by atoms with Crippen molar-refractivity contribution in [1.29, 1.82) is 0 Å². The first-order valence-electron chi connectivity index (χ1n) is 7.25. The van der Waals surface area contributed by atoms with Crippen molar-refractivity contribution in [2.24, 2.45) is 11.5 Å². The molecule has 0 aliphatic carbocycles. The highest BCUT2D eigenvalue weighted by Crippen LogP contribution is 2.08. The fourth-order valence-corrected chi connectivity index (χ4v) is 1.95. The van der Waals surface area contributed by atoms with Gasteiger partial charge in [-0.2, -0.15) is 0 Å². The van der Waals surface area contributed by atoms with Gasteiger partial charge >= 0.3 is 0 Å². The van der Waals surface area contributed by atoms with Gasteiger partial charge in [0.1, 0.15) is 0 Å². The Kier molecular flexibility index (Phi) is 10.6. The predicted molar refractivity (Wildman–Crippen MR) is 86.2 cm³/mol. The average molecular weight is 279 g/mol. The molecule has 0 fully saturated rings. The number of nitrogens with one attached hydrogen (secondary N) is 1. The summed E-state index contributed by atoms with van der Waals surface area (Å²) in [5, 5.41) is 2.95. The summed E-state index contributed by atoms with van der Waals surface area (Å²) < 4.78 is 0. The molecule has 0 saturated carbocycles. The summed E-state index contributed by atoms with van der Waals surface area (Å²) in [7, 11) is 0. The summed E-state index contributed by atoms with van der Waals surface area (Å²) in [4.78, 5) is 11.9. The number of hydrogen-bond acceptors (Lipinski definition) is 3. The van der Waals surface area contributed by atoms with Crippen molar-refractivity contribution in [3.05, 3.63) is 36.5 Å². The van der Waals surface area contributed by atoms with Crippen LogP contribution in [0.5, 0.6) is 0 Å². The van der Waals surface area contributed by atoms with Gasteiger partial charge < -0.3 is 16.8 Å². The van der Waals surface area contributed by atoms with Crippen LogP contribution in [-0.4, -0.2) is 24.5 Å². The maximum absolute atomic E-state index is 11.9. The monoisotopic (exact) mass is 279 g/mol. The smallest absolute Gasteiger partial charge is 0.237 e. The Morgan fingerprint density at radius 2 is 2.10 bits per heavy atom. The lowest BCUT2D eigenvalue weighted by atomic mass is 10.0. The standard InChI is InChI=1S/C16H29N3O/c1-4-8-14(9-5-2)12-13(3)19-16(20)15(18)10-6-7-11-17/h4-5,8-9,13,15H,1,6-7,10-12,17-18H2,2-3H3,(H,19,20)/b9-5-,14-8+/t13-,15-/m0/s1. The zero-order valence-electron chi connectivity index (χ0n) is 12.8. The summed E-state index contributed by atoms with van der Waals surface area (Å²) in [5.74, 6) is -0.0899. The molecule has 0 aromatic carbocycles. The van der Waals surface area contributed by atoms with Gasteiger partial charge in [-0.3, -0.25) is 4.79 Å². The summed E-state index contributed by atoms with van der Waals surface area (Å²) in [5.41, 5.74) is 12.4. The van der Waals surface area contributed by atoms with Crippen molar-refractivity contribution < 1.29 is 4.79 Å². The molecule has 0 radical (unpaired) electrons. The van der Waals surface area contributed by atoms with E-state index in [0.717, 1.165) is 24.8 Å². The van der Waals surface area contributed by atoms with Crippen LogP contribution in [0.3, 0.4) is 0 Å². The van der Waals surface area contributed by atoms with Crippen LogP contribution in [0.2, 0.25) is 0 Å². The van der Waals surface area contributed by atoms with E-state index in [2.05, 4.69) is 11.9 Å². The van der Waals surface area contributed by atoms with Crippen LogP contribution in [0.4, 0.5) is 0 Å². The number of hydrogen-bond donors (Lipinski definition) is 3. The normalized spacial score (nSPS) is 15.1. The van der Waals surface area contributed by atoms with E-state index in [1.54, 1.807) is 6.08 Å². The largest absolute Gasteiger partial charge is 0.352 e. The molecule has 20 heavy (non-hydrogen) atoms. The highest BCUT2D eigenvalue weighted by molar-refractivity contribution is 5.81. The van der Waals surface area contributed by atoms with Gasteiger partial charge in [-0.15, -0.1) is 0 Å². The van der Waals surface area contributed by atoms with E-state index in [4.69, 9.17) is 11.5 Å². The Balaban J connectivity index is 4.23. The second kappa shape index (κ2) is 11.4. The molecule has 0 rings (SSSR count). The molecule has 5 N–H and O–H groups in total. The van der Waals surface area contributed by atoms with Crippen LogP contribution in [0.1, 0.15) is 39.5 Å². The predicted octanol–water partition coefficient (Wildman–Crippen LogP) is 2.03. The molecule has 1 amide bonds. The second-order valence-corrected chi connectivity index (χ2v) is 4.98. The SMILES string of the molecule is C=C/C=C(\C=C/C)C[C@H](C)NC(=O)[C@@H](N)CCCCN. The molecule has 0 aromatic heterocycles. The summed E-state index contributed by atoms with van der Waals surface area (Å²) in [6.07, 6.45) is 10.9. The first kappa shape index (κ1) is 18.6. The van der Waals surface area contributed by atoms with E-state index in [0.29, 0.717) is 13.0 Å². The molecule has 0 heterocycles. The first-order valence-corrected chi connectivity index (χ1v) is 7.25. The van der Waals surface area contributed by atoms with Crippen LogP contribution in [0, 0.1) is 0 Å². The van der Waals surface area contributed by atoms with Gasteiger partial charge in [-0.1, -0.05) is 37.3 Å². The lowest BCUT2D eigenvalue weighted by Gasteiger charge is -2.18. The second-order valence-electron chi connectivity index (χ2n) is 4.98. The fraction of sp³-hybridized carbons (Fsp3) is 0.562. The molecule has 0 unspecified atom stereocenters. The molecule has 114 valence electrons. The Hall–Kier alpha value is -1.39. The van der Waals surface area contributed by atoms with Gasteiger partial charge in [-0.05, 0) is 45.2 Å². The van der Waals surface area contributed by atoms with Gasteiger partial charge in [0.25, 0.3) is 0 Å². The van der Waals surface area contributed by atoms with Crippen LogP contribution in [-0.2, 0) is 4.79 Å². The van der Waals surface area contributed by atoms with Gasteiger partial charge in [0.15, 0.2) is 0 Å². The Morgan fingerprint density at radius 1 is 1.40 bits per heavy atom. The molecule has 0 aliphatic heterocycles. The first-order chi connectivity index (χ1) is 9.54. The van der Waals surface area contributed by atoms with Gasteiger partial charge in [0.2, 0.25) is 5.91 Å². The number of allylic oxidation sites excluding steroid dienone is 4. The van der Waals surface area contributed by atoms with E-state index in [1.165, 1.54) is 0 Å². The van der Waals surface area contributed by atoms with Crippen molar-refractivity contribution in [3.63, 3.8) is 0 Å². The van der Waals surface area contributed by atoms with Crippen LogP contribution >= 0.6 is 0 Å². The van der Waals surface area contributed by atoms with E-state index < -0.39 is 6.04 Å². The Morgan fingerprint density at radius 3 is 2.65 bits per heavy atom. The zero-order valence-corrected chi connectivity index (χ0v) is 12.8. The number of rotatable bonds is 10. The molecule has 0 saturated heterocycles. The minimum absolute atomic E-state index is 0.0467. The Bertz CT molecular complexity index is 348. The number of carbonyl (C=O) groups excluding carboxylic acids is 1. The minimum Gasteiger partial charge on any atom is -0.352 e. The van der Waals surface area contributed by atoms with E-state index in [1.807, 2.05) is 32.1 Å². The van der Waals surface area contributed by atoms with E-state index in [-0.39, 0.29) is 11.9 Å². The number of carbonyl (C=O) groups is 1. The molecular weight excluding hydrogens is 250 g/mol. The van der Waals surface area contributed by atoms with Crippen molar-refractivity contribution in [1.82, 2.24) is 5.32 Å². The number of amides is 1. The summed E-state index contributed by atoms with van der Waals surface area (Å²) in [6, 6.07) is -0.400. The molecule has 0 aromatic rings. The average Bonchev–Trinajstić information content (AvgIpc) is 2.39. The van der Waals surface area contributed by atoms with Gasteiger partial charge in [0.05, 0.1) is 6.04 Å². The molecule has 0 aliphatic rings. The fourth-order valence-electron chi connectivity index (χ4n) is 1.95. The lowest BCUT2D eigenvalue weighted by molar-refractivity contribution is -0.123. The molecule has 0 bridgehead atoms. The van der Waals surface area contributed by atoms with Gasteiger partial charge in [0, 0.05) is 6.04 Å². The van der Waals surface area contributed by atoms with Crippen molar-refractivity contribution in [2.75, 3.05) is 6.54 Å². The summed E-state index contributed by atoms with van der Waals surface area (Å²) in [6.45, 7) is 8.28. The molecule has 4 heteroatoms. The third kappa shape index (κ3) is 8.67. The third-order valence-electron chi connectivity index (χ3n) is 2.95. The van der Waals surface area contributed by atoms with Crippen LogP contribution < -0.4 is 16.8 Å². The molecule has 4 nitrogen and oxygen atoms in total. The van der Waals surface area contributed by atoms with E-state index in [9.17, 15) is 4.79 Å². The topological polar surface area (TPSA) is 81.1 Å². The Labute approximate surface area is 123 Å². The van der Waals surface area contributed by atoms with Crippen LogP contribution in [0.15, 0.2) is 36.5 Å². The maximum Gasteiger partial charge on any atom is 0.237 e. The maximum atomic E-state index is 11.9. The van der Waals surface area contributed by atoms with Crippen LogP contribution in [0.25, 0.3) is 0 Å². The molecule has 2 atom stereocenters. The number of unbranched alkanes of at least 4 members (excludes halogenated alkanes) is 1. The highest BCUT2D eigenvalue weighted by Gasteiger charge is 2.15. The van der Waals surface area contributed by atoms with E-state index >= 15 is 0 Å². The third-order valence-corrected chi connectivity index (χ3v) is 2.95. The molecule has 0 spiro atoms. The summed E-state index contributed by atoms with van der Waals surface area (Å²) >= 11 is 0. The minimum atomic E-state index is -0.447.